The quantitative estimate of drug-likeness (QED) is 0.896. The van der Waals surface area contributed by atoms with Gasteiger partial charge in [-0.1, -0.05) is 18.5 Å². The lowest BCUT2D eigenvalue weighted by atomic mass is 9.84. The summed E-state index contributed by atoms with van der Waals surface area (Å²) in [5, 5.41) is 15.6. The summed E-state index contributed by atoms with van der Waals surface area (Å²) in [6.07, 6.45) is 1.20. The minimum Gasteiger partial charge on any atom is -0.466 e. The van der Waals surface area contributed by atoms with Gasteiger partial charge in [0, 0.05) is 10.4 Å². The number of nitrogens with zero attached hydrogens (tertiary/aromatic N) is 3. The van der Waals surface area contributed by atoms with Crippen LogP contribution in [0.15, 0.2) is 36.9 Å². The van der Waals surface area contributed by atoms with Crippen molar-refractivity contribution in [2.45, 2.75) is 19.3 Å². The fourth-order valence-electron chi connectivity index (χ4n) is 2.43. The molecule has 0 aliphatic carbocycles. The molecule has 0 bridgehead atoms. The van der Waals surface area contributed by atoms with Gasteiger partial charge in [-0.3, -0.25) is 0 Å². The fourth-order valence-corrected chi connectivity index (χ4v) is 2.56. The van der Waals surface area contributed by atoms with Gasteiger partial charge in [-0.2, -0.15) is 5.10 Å². The molecule has 2 heterocycles. The van der Waals surface area contributed by atoms with Crippen LogP contribution in [0, 0.1) is 5.41 Å². The summed E-state index contributed by atoms with van der Waals surface area (Å²) in [7, 11) is 0. The zero-order valence-corrected chi connectivity index (χ0v) is 13.4. The maximum Gasteiger partial charge on any atom is 0.219 e. The Morgan fingerprint density at radius 1 is 1.30 bits per heavy atom. The highest BCUT2D eigenvalue weighted by molar-refractivity contribution is 6.30. The summed E-state index contributed by atoms with van der Waals surface area (Å²) in [5.41, 5.74) is -0.624. The first-order chi connectivity index (χ1) is 11.1. The minimum absolute atomic E-state index is 0.230. The largest absolute Gasteiger partial charge is 0.466 e. The molecule has 1 saturated heterocycles. The van der Waals surface area contributed by atoms with Crippen LogP contribution in [-0.2, 0) is 9.47 Å². The Bertz CT molecular complexity index is 614. The van der Waals surface area contributed by atoms with Gasteiger partial charge >= 0.3 is 0 Å². The van der Waals surface area contributed by atoms with Crippen LogP contribution in [0.3, 0.4) is 0 Å². The van der Waals surface area contributed by atoms with E-state index in [2.05, 4.69) is 10.1 Å². The molecule has 124 valence electrons. The molecule has 1 aliphatic rings. The van der Waals surface area contributed by atoms with Gasteiger partial charge in [-0.15, -0.1) is 0 Å². The molecule has 0 saturated carbocycles. The monoisotopic (exact) mass is 339 g/mol. The van der Waals surface area contributed by atoms with Crippen molar-refractivity contribution in [1.82, 2.24) is 14.8 Å². The third-order valence-corrected chi connectivity index (χ3v) is 4.03. The van der Waals surface area contributed by atoms with Crippen LogP contribution in [0.4, 0.5) is 0 Å². The molecule has 1 fully saturated rings. The molecule has 23 heavy (non-hydrogen) atoms. The molecule has 3 rings (SSSR count). The lowest BCUT2D eigenvalue weighted by molar-refractivity contribution is -0.210. The number of rotatable bonds is 5. The molecule has 2 atom stereocenters. The van der Waals surface area contributed by atoms with E-state index in [-0.39, 0.29) is 6.79 Å². The molecular weight excluding hydrogens is 322 g/mol. The van der Waals surface area contributed by atoms with Gasteiger partial charge < -0.3 is 19.3 Å². The number of halogens is 1. The molecule has 2 unspecified atom stereocenters. The molecular formula is C15H18ClN3O4. The van der Waals surface area contributed by atoms with Crippen LogP contribution >= 0.6 is 11.6 Å². The van der Waals surface area contributed by atoms with Gasteiger partial charge in [0.1, 0.15) is 31.3 Å². The Morgan fingerprint density at radius 3 is 2.61 bits per heavy atom. The van der Waals surface area contributed by atoms with Gasteiger partial charge in [-0.25, -0.2) is 9.67 Å². The maximum atomic E-state index is 10.9. The molecule has 1 N–H and O–H groups in total. The molecule has 0 radical (unpaired) electrons. The summed E-state index contributed by atoms with van der Waals surface area (Å²) in [6.45, 7) is 2.84. The van der Waals surface area contributed by atoms with Gasteiger partial charge in [0.2, 0.25) is 6.23 Å². The molecule has 1 aliphatic heterocycles. The van der Waals surface area contributed by atoms with E-state index in [1.54, 1.807) is 24.3 Å². The van der Waals surface area contributed by atoms with E-state index in [1.165, 1.54) is 17.3 Å². The standard InChI is InChI=1S/C15H18ClN3O4/c1-15(6-21-10-22-7-15)13(20)14(19-9-17-8-18-19)23-12-4-2-11(16)3-5-12/h2-5,8-9,13-14,20H,6-7,10H2,1H3. The number of aliphatic hydroxyl groups is 1. The number of aliphatic hydroxyl groups excluding tert-OH is 1. The third-order valence-electron chi connectivity index (χ3n) is 3.78. The highest BCUT2D eigenvalue weighted by Gasteiger charge is 2.43. The minimum atomic E-state index is -0.917. The van der Waals surface area contributed by atoms with Crippen molar-refractivity contribution >= 4 is 11.6 Å². The zero-order chi connectivity index (χ0) is 16.3. The van der Waals surface area contributed by atoms with Gasteiger partial charge in [-0.05, 0) is 24.3 Å². The Hall–Kier alpha value is -1.67. The van der Waals surface area contributed by atoms with Gasteiger partial charge in [0.15, 0.2) is 0 Å². The smallest absolute Gasteiger partial charge is 0.219 e. The second kappa shape index (κ2) is 6.84. The number of hydrogen-bond acceptors (Lipinski definition) is 6. The van der Waals surface area contributed by atoms with Crippen LogP contribution in [0.1, 0.15) is 13.2 Å². The highest BCUT2D eigenvalue weighted by atomic mass is 35.5. The van der Waals surface area contributed by atoms with Crippen molar-refractivity contribution in [3.63, 3.8) is 0 Å². The number of benzene rings is 1. The first-order valence-corrected chi connectivity index (χ1v) is 7.56. The molecule has 7 nitrogen and oxygen atoms in total. The zero-order valence-electron chi connectivity index (χ0n) is 12.6. The average Bonchev–Trinajstić information content (AvgIpc) is 3.08. The molecule has 8 heteroatoms. The summed E-state index contributed by atoms with van der Waals surface area (Å²) in [4.78, 5) is 3.93. The number of aromatic nitrogens is 3. The van der Waals surface area contributed by atoms with E-state index in [9.17, 15) is 5.11 Å². The van der Waals surface area contributed by atoms with Crippen molar-refractivity contribution in [1.29, 1.82) is 0 Å². The van der Waals surface area contributed by atoms with Crippen molar-refractivity contribution in [2.24, 2.45) is 5.41 Å². The second-order valence-electron chi connectivity index (χ2n) is 5.75. The summed E-state index contributed by atoms with van der Waals surface area (Å²) in [5.74, 6) is 0.565. The third kappa shape index (κ3) is 3.64. The molecule has 0 amide bonds. The van der Waals surface area contributed by atoms with E-state index in [1.807, 2.05) is 6.92 Å². The van der Waals surface area contributed by atoms with Crippen molar-refractivity contribution in [3.05, 3.63) is 41.9 Å². The van der Waals surface area contributed by atoms with Crippen LogP contribution in [0.25, 0.3) is 0 Å². The van der Waals surface area contributed by atoms with Crippen molar-refractivity contribution < 1.29 is 19.3 Å². The Kier molecular flexibility index (Phi) is 4.82. The lowest BCUT2D eigenvalue weighted by Crippen LogP contribution is -2.49. The van der Waals surface area contributed by atoms with Crippen LogP contribution in [-0.4, -0.2) is 46.0 Å². The summed E-state index contributed by atoms with van der Waals surface area (Å²) >= 11 is 5.89. The van der Waals surface area contributed by atoms with Gasteiger partial charge in [0.25, 0.3) is 0 Å². The number of hydrogen-bond donors (Lipinski definition) is 1. The summed E-state index contributed by atoms with van der Waals surface area (Å²) < 4.78 is 18.1. The predicted molar refractivity (Wildman–Crippen MR) is 82.0 cm³/mol. The Morgan fingerprint density at radius 2 is 2.00 bits per heavy atom. The second-order valence-corrected chi connectivity index (χ2v) is 6.19. The van der Waals surface area contributed by atoms with E-state index in [0.717, 1.165) is 0 Å². The molecule has 2 aromatic rings. The Balaban J connectivity index is 1.85. The maximum absolute atomic E-state index is 10.9. The van der Waals surface area contributed by atoms with E-state index >= 15 is 0 Å². The predicted octanol–water partition coefficient (Wildman–Crippen LogP) is 1.88. The first-order valence-electron chi connectivity index (χ1n) is 7.18. The molecule has 1 aromatic heterocycles. The molecule has 0 spiro atoms. The Labute approximate surface area is 138 Å². The highest BCUT2D eigenvalue weighted by Crippen LogP contribution is 2.33. The number of ether oxygens (including phenoxy) is 3. The first kappa shape index (κ1) is 16.2. The van der Waals surface area contributed by atoms with Crippen LogP contribution in [0.2, 0.25) is 5.02 Å². The normalized spacial score (nSPS) is 20.0. The van der Waals surface area contributed by atoms with Crippen LogP contribution in [0.5, 0.6) is 5.75 Å². The fraction of sp³-hybridized carbons (Fsp3) is 0.467. The SMILES string of the molecule is CC1(C(O)C(Oc2ccc(Cl)cc2)n2cncn2)COCOC1. The van der Waals surface area contributed by atoms with E-state index in [4.69, 9.17) is 25.8 Å². The lowest BCUT2D eigenvalue weighted by Gasteiger charge is -2.40. The van der Waals surface area contributed by atoms with E-state index < -0.39 is 17.7 Å². The summed E-state index contributed by atoms with van der Waals surface area (Å²) in [6, 6.07) is 6.90. The topological polar surface area (TPSA) is 78.6 Å². The van der Waals surface area contributed by atoms with Crippen molar-refractivity contribution in [3.8, 4) is 5.75 Å². The van der Waals surface area contributed by atoms with Crippen LogP contribution < -0.4 is 4.74 Å². The van der Waals surface area contributed by atoms with Crippen molar-refractivity contribution in [2.75, 3.05) is 20.0 Å². The van der Waals surface area contributed by atoms with Gasteiger partial charge in [0.05, 0.1) is 13.2 Å². The molecule has 1 aromatic carbocycles. The average molecular weight is 340 g/mol. The van der Waals surface area contributed by atoms with E-state index in [0.29, 0.717) is 24.0 Å².